The van der Waals surface area contributed by atoms with Crippen LogP contribution in [-0.2, 0) is 0 Å². The average molecular weight is 345 g/mol. The summed E-state index contributed by atoms with van der Waals surface area (Å²) in [5.41, 5.74) is 3.87. The molecule has 1 aromatic rings. The van der Waals surface area contributed by atoms with E-state index in [-0.39, 0.29) is 17.5 Å². The summed E-state index contributed by atoms with van der Waals surface area (Å²) in [7, 11) is 0. The second-order valence-electron chi connectivity index (χ2n) is 8.06. The molecule has 1 aliphatic heterocycles. The quantitative estimate of drug-likeness (QED) is 0.849. The highest BCUT2D eigenvalue weighted by atomic mass is 16.2. The van der Waals surface area contributed by atoms with Crippen LogP contribution in [0.15, 0.2) is 12.1 Å². The van der Waals surface area contributed by atoms with Gasteiger partial charge in [0.05, 0.1) is 0 Å². The fraction of sp³-hybridized carbons (Fsp3) is 0.600. The van der Waals surface area contributed by atoms with Crippen molar-refractivity contribution in [1.29, 1.82) is 0 Å². The number of nitrogens with zero attached hydrogens (tertiary/aromatic N) is 2. The number of nitrogens with one attached hydrogen (secondary N) is 1. The predicted octanol–water partition coefficient (Wildman–Crippen LogP) is 3.27. The summed E-state index contributed by atoms with van der Waals surface area (Å²) in [4.78, 5) is 29.0. The molecule has 1 saturated heterocycles. The molecule has 1 fully saturated rings. The minimum absolute atomic E-state index is 0.0517. The first-order chi connectivity index (χ1) is 11.6. The van der Waals surface area contributed by atoms with Crippen molar-refractivity contribution in [3.8, 4) is 0 Å². The van der Waals surface area contributed by atoms with Crippen LogP contribution in [0, 0.1) is 20.8 Å². The van der Waals surface area contributed by atoms with Crippen molar-refractivity contribution in [3.05, 3.63) is 34.4 Å². The van der Waals surface area contributed by atoms with Gasteiger partial charge < -0.3 is 15.1 Å². The molecule has 0 unspecified atom stereocenters. The Balaban J connectivity index is 2.07. The molecule has 3 amide bonds. The van der Waals surface area contributed by atoms with Gasteiger partial charge in [-0.2, -0.15) is 0 Å². The smallest absolute Gasteiger partial charge is 0.317 e. The number of aryl methyl sites for hydroxylation is 3. The maximum atomic E-state index is 12.9. The molecular formula is C20H31N3O2. The fourth-order valence-electron chi connectivity index (χ4n) is 3.08. The lowest BCUT2D eigenvalue weighted by molar-refractivity contribution is 0.0761. The van der Waals surface area contributed by atoms with Gasteiger partial charge in [-0.15, -0.1) is 0 Å². The number of hydrogen-bond donors (Lipinski definition) is 1. The van der Waals surface area contributed by atoms with Crippen LogP contribution in [0.3, 0.4) is 0 Å². The van der Waals surface area contributed by atoms with Crippen molar-refractivity contribution in [2.45, 2.75) is 53.5 Å². The van der Waals surface area contributed by atoms with Crippen molar-refractivity contribution < 1.29 is 9.59 Å². The Morgan fingerprint density at radius 1 is 0.880 bits per heavy atom. The molecule has 1 N–H and O–H groups in total. The molecule has 138 valence electrons. The molecule has 0 aliphatic carbocycles. The first-order valence-corrected chi connectivity index (χ1v) is 9.03. The summed E-state index contributed by atoms with van der Waals surface area (Å²) in [5.74, 6) is 0.0682. The van der Waals surface area contributed by atoms with Crippen molar-refractivity contribution in [3.63, 3.8) is 0 Å². The molecule has 5 nitrogen and oxygen atoms in total. The van der Waals surface area contributed by atoms with Gasteiger partial charge in [-0.05, 0) is 70.7 Å². The Kier molecular flexibility index (Phi) is 5.76. The third-order valence-corrected chi connectivity index (χ3v) is 4.62. The van der Waals surface area contributed by atoms with Crippen LogP contribution >= 0.6 is 0 Å². The number of carbonyl (C=O) groups excluding carboxylic acids is 2. The zero-order chi connectivity index (χ0) is 18.8. The summed E-state index contributed by atoms with van der Waals surface area (Å²) in [6, 6.07) is 4.01. The van der Waals surface area contributed by atoms with Crippen LogP contribution in [0.1, 0.15) is 54.2 Å². The maximum Gasteiger partial charge on any atom is 0.317 e. The van der Waals surface area contributed by atoms with Gasteiger partial charge in [-0.25, -0.2) is 4.79 Å². The zero-order valence-electron chi connectivity index (χ0n) is 16.4. The molecule has 0 spiro atoms. The van der Waals surface area contributed by atoms with Crippen LogP contribution in [0.4, 0.5) is 4.79 Å². The van der Waals surface area contributed by atoms with Crippen LogP contribution < -0.4 is 5.32 Å². The van der Waals surface area contributed by atoms with Gasteiger partial charge in [-0.3, -0.25) is 4.79 Å². The normalized spacial score (nSPS) is 15.8. The van der Waals surface area contributed by atoms with E-state index in [9.17, 15) is 9.59 Å². The van der Waals surface area contributed by atoms with Crippen LogP contribution in [0.5, 0.6) is 0 Å². The number of rotatable bonds is 1. The second kappa shape index (κ2) is 7.46. The predicted molar refractivity (Wildman–Crippen MR) is 101 cm³/mol. The molecule has 25 heavy (non-hydrogen) atoms. The highest BCUT2D eigenvalue weighted by Crippen LogP contribution is 2.18. The Morgan fingerprint density at radius 3 is 2.08 bits per heavy atom. The van der Waals surface area contributed by atoms with Gasteiger partial charge in [0.25, 0.3) is 5.91 Å². The van der Waals surface area contributed by atoms with E-state index in [0.717, 1.165) is 23.1 Å². The van der Waals surface area contributed by atoms with Crippen LogP contribution in [-0.4, -0.2) is 53.5 Å². The molecular weight excluding hydrogens is 314 g/mol. The SMILES string of the molecule is Cc1cc(C)c(C(=O)N2CCCN(C(=O)NC(C)(C)C)CC2)cc1C. The van der Waals surface area contributed by atoms with E-state index < -0.39 is 0 Å². The summed E-state index contributed by atoms with van der Waals surface area (Å²) >= 11 is 0. The molecule has 1 aromatic carbocycles. The van der Waals surface area contributed by atoms with E-state index >= 15 is 0 Å². The monoisotopic (exact) mass is 345 g/mol. The molecule has 0 aromatic heterocycles. The molecule has 2 rings (SSSR count). The summed E-state index contributed by atoms with van der Waals surface area (Å²) in [6.07, 6.45) is 0.799. The molecule has 0 saturated carbocycles. The Morgan fingerprint density at radius 2 is 1.44 bits per heavy atom. The largest absolute Gasteiger partial charge is 0.337 e. The van der Waals surface area contributed by atoms with Gasteiger partial charge >= 0.3 is 6.03 Å². The molecule has 5 heteroatoms. The highest BCUT2D eigenvalue weighted by Gasteiger charge is 2.25. The summed E-state index contributed by atoms with van der Waals surface area (Å²) in [6.45, 7) is 14.5. The van der Waals surface area contributed by atoms with Crippen molar-refractivity contribution in [2.24, 2.45) is 0 Å². The van der Waals surface area contributed by atoms with Crippen molar-refractivity contribution in [1.82, 2.24) is 15.1 Å². The number of hydrogen-bond acceptors (Lipinski definition) is 2. The minimum Gasteiger partial charge on any atom is -0.337 e. The van der Waals surface area contributed by atoms with Gasteiger partial charge in [-0.1, -0.05) is 6.07 Å². The van der Waals surface area contributed by atoms with Gasteiger partial charge in [0.15, 0.2) is 0 Å². The van der Waals surface area contributed by atoms with Gasteiger partial charge in [0, 0.05) is 37.3 Å². The van der Waals surface area contributed by atoms with Crippen LogP contribution in [0.2, 0.25) is 0 Å². The van der Waals surface area contributed by atoms with Crippen molar-refractivity contribution >= 4 is 11.9 Å². The topological polar surface area (TPSA) is 52.7 Å². The number of carbonyl (C=O) groups is 2. The lowest BCUT2D eigenvalue weighted by Gasteiger charge is -2.27. The van der Waals surface area contributed by atoms with E-state index in [1.807, 2.05) is 50.5 Å². The standard InChI is InChI=1S/C20H31N3O2/c1-14-12-16(3)17(13-15(14)2)18(24)22-8-7-9-23(11-10-22)19(25)21-20(4,5)6/h12-13H,7-11H2,1-6H3,(H,21,25). The average Bonchev–Trinajstić information content (AvgIpc) is 2.74. The molecule has 0 bridgehead atoms. The van der Waals surface area contributed by atoms with E-state index in [2.05, 4.69) is 18.3 Å². The summed E-state index contributed by atoms with van der Waals surface area (Å²) in [5, 5.41) is 3.00. The second-order valence-corrected chi connectivity index (χ2v) is 8.06. The first-order valence-electron chi connectivity index (χ1n) is 9.03. The lowest BCUT2D eigenvalue weighted by atomic mass is 10.00. The maximum absolute atomic E-state index is 12.9. The van der Waals surface area contributed by atoms with E-state index in [4.69, 9.17) is 0 Å². The Hall–Kier alpha value is -2.04. The van der Waals surface area contributed by atoms with Crippen molar-refractivity contribution in [2.75, 3.05) is 26.2 Å². The third kappa shape index (κ3) is 4.97. The van der Waals surface area contributed by atoms with E-state index in [1.54, 1.807) is 0 Å². The Labute approximate surface area is 151 Å². The zero-order valence-corrected chi connectivity index (χ0v) is 16.4. The lowest BCUT2D eigenvalue weighted by Crippen LogP contribution is -2.49. The van der Waals surface area contributed by atoms with Gasteiger partial charge in [0.2, 0.25) is 0 Å². The highest BCUT2D eigenvalue weighted by molar-refractivity contribution is 5.96. The summed E-state index contributed by atoms with van der Waals surface area (Å²) < 4.78 is 0. The fourth-order valence-corrected chi connectivity index (χ4v) is 3.08. The molecule has 0 radical (unpaired) electrons. The third-order valence-electron chi connectivity index (χ3n) is 4.62. The first kappa shape index (κ1) is 19.3. The number of urea groups is 1. The van der Waals surface area contributed by atoms with Gasteiger partial charge in [0.1, 0.15) is 0 Å². The van der Waals surface area contributed by atoms with E-state index in [0.29, 0.717) is 26.2 Å². The molecule has 0 atom stereocenters. The number of amides is 3. The molecule has 1 heterocycles. The minimum atomic E-state index is -0.255. The Bertz CT molecular complexity index is 662. The van der Waals surface area contributed by atoms with Crippen LogP contribution in [0.25, 0.3) is 0 Å². The number of benzene rings is 1. The van der Waals surface area contributed by atoms with E-state index in [1.165, 1.54) is 5.56 Å². The molecule has 1 aliphatic rings.